The second-order valence-electron chi connectivity index (χ2n) is 4.26. The molecule has 92 valence electrons. The Balaban J connectivity index is 2.05. The molecule has 0 aromatic carbocycles. The molecule has 0 radical (unpaired) electrons. The Morgan fingerprint density at radius 2 is 2.35 bits per heavy atom. The average Bonchev–Trinajstić information content (AvgIpc) is 3.14. The number of hydrogen-bond acceptors (Lipinski definition) is 4. The predicted molar refractivity (Wildman–Crippen MR) is 67.7 cm³/mol. The van der Waals surface area contributed by atoms with Gasteiger partial charge in [-0.05, 0) is 25.0 Å². The maximum atomic E-state index is 7.29. The number of hydrogen-bond donors (Lipinski definition) is 2. The zero-order valence-corrected chi connectivity index (χ0v) is 10.0. The van der Waals surface area contributed by atoms with Gasteiger partial charge in [-0.3, -0.25) is 5.41 Å². The Kier molecular flexibility index (Phi) is 3.46. The molecule has 1 aromatic rings. The highest BCUT2D eigenvalue weighted by Crippen LogP contribution is 2.31. The van der Waals surface area contributed by atoms with Gasteiger partial charge in [-0.15, -0.1) is 0 Å². The van der Waals surface area contributed by atoms with Gasteiger partial charge in [-0.2, -0.15) is 0 Å². The molecule has 1 heterocycles. The molecule has 3 N–H and O–H groups in total. The van der Waals surface area contributed by atoms with Gasteiger partial charge in [0.05, 0.1) is 19.1 Å². The van der Waals surface area contributed by atoms with Crippen molar-refractivity contribution in [1.29, 1.82) is 5.41 Å². The molecule has 1 saturated carbocycles. The number of rotatable bonds is 6. The van der Waals surface area contributed by atoms with Crippen LogP contribution < -0.4 is 15.4 Å². The Hall–Kier alpha value is -1.78. The molecule has 1 aliphatic carbocycles. The molecule has 1 aromatic heterocycles. The van der Waals surface area contributed by atoms with E-state index in [1.165, 1.54) is 12.8 Å². The van der Waals surface area contributed by atoms with Gasteiger partial charge in [0.1, 0.15) is 11.6 Å². The summed E-state index contributed by atoms with van der Waals surface area (Å²) >= 11 is 0. The highest BCUT2D eigenvalue weighted by atomic mass is 16.5. The highest BCUT2D eigenvalue weighted by molar-refractivity contribution is 5.77. The minimum absolute atomic E-state index is 0.226. The van der Waals surface area contributed by atoms with Crippen molar-refractivity contribution in [2.24, 2.45) is 5.73 Å². The van der Waals surface area contributed by atoms with Crippen molar-refractivity contribution in [2.75, 3.05) is 18.6 Å². The van der Waals surface area contributed by atoms with Gasteiger partial charge in [-0.1, -0.05) is 0 Å². The zero-order valence-electron chi connectivity index (χ0n) is 10.0. The standard InChI is InChI=1S/C12H18N4O/c1-17-10-4-5-12(15-8-10)16(9-2-3-9)7-6-11(13)14/h4-5,8-9H,2-3,6-7H2,1H3,(H3,13,14). The summed E-state index contributed by atoms with van der Waals surface area (Å²) < 4.78 is 5.09. The molecule has 2 rings (SSSR count). The van der Waals surface area contributed by atoms with Gasteiger partial charge in [0.2, 0.25) is 0 Å². The minimum Gasteiger partial charge on any atom is -0.495 e. The van der Waals surface area contributed by atoms with E-state index in [4.69, 9.17) is 15.9 Å². The van der Waals surface area contributed by atoms with Crippen LogP contribution in [0.4, 0.5) is 5.82 Å². The minimum atomic E-state index is 0.226. The fourth-order valence-corrected chi connectivity index (χ4v) is 1.77. The lowest BCUT2D eigenvalue weighted by molar-refractivity contribution is 0.413. The van der Waals surface area contributed by atoms with Gasteiger partial charge >= 0.3 is 0 Å². The van der Waals surface area contributed by atoms with E-state index < -0.39 is 0 Å². The number of nitrogens with one attached hydrogen (secondary N) is 1. The largest absolute Gasteiger partial charge is 0.495 e. The molecule has 5 nitrogen and oxygen atoms in total. The van der Waals surface area contributed by atoms with E-state index in [9.17, 15) is 0 Å². The third-order valence-corrected chi connectivity index (χ3v) is 2.86. The highest BCUT2D eigenvalue weighted by Gasteiger charge is 2.29. The summed E-state index contributed by atoms with van der Waals surface area (Å²) in [6.07, 6.45) is 4.71. The first-order chi connectivity index (χ1) is 8.20. The van der Waals surface area contributed by atoms with Crippen molar-refractivity contribution in [3.63, 3.8) is 0 Å². The van der Waals surface area contributed by atoms with Crippen molar-refractivity contribution < 1.29 is 4.74 Å². The Bertz CT molecular complexity index is 386. The van der Waals surface area contributed by atoms with Gasteiger partial charge in [-0.25, -0.2) is 4.98 Å². The summed E-state index contributed by atoms with van der Waals surface area (Å²) in [7, 11) is 1.63. The second-order valence-corrected chi connectivity index (χ2v) is 4.26. The quantitative estimate of drug-likeness (QED) is 0.576. The molecular formula is C12H18N4O. The molecule has 0 saturated heterocycles. The summed E-state index contributed by atoms with van der Waals surface area (Å²) in [6, 6.07) is 4.43. The normalized spacial score (nSPS) is 14.4. The molecule has 0 atom stereocenters. The van der Waals surface area contributed by atoms with Crippen LogP contribution in [0, 0.1) is 5.41 Å². The van der Waals surface area contributed by atoms with Crippen molar-refractivity contribution in [3.8, 4) is 5.75 Å². The van der Waals surface area contributed by atoms with E-state index in [0.29, 0.717) is 12.5 Å². The van der Waals surface area contributed by atoms with Crippen molar-refractivity contribution in [2.45, 2.75) is 25.3 Å². The molecule has 0 unspecified atom stereocenters. The van der Waals surface area contributed by atoms with Crippen LogP contribution in [0.3, 0.4) is 0 Å². The van der Waals surface area contributed by atoms with E-state index >= 15 is 0 Å². The van der Waals surface area contributed by atoms with E-state index in [0.717, 1.165) is 18.1 Å². The SMILES string of the molecule is COc1ccc(N(CCC(=N)N)C2CC2)nc1. The Morgan fingerprint density at radius 1 is 1.59 bits per heavy atom. The molecule has 17 heavy (non-hydrogen) atoms. The number of nitrogens with zero attached hydrogens (tertiary/aromatic N) is 2. The number of ether oxygens (including phenoxy) is 1. The van der Waals surface area contributed by atoms with Crippen LogP contribution >= 0.6 is 0 Å². The van der Waals surface area contributed by atoms with Crippen LogP contribution in [0.25, 0.3) is 0 Å². The third kappa shape index (κ3) is 3.09. The third-order valence-electron chi connectivity index (χ3n) is 2.86. The van der Waals surface area contributed by atoms with Crippen LogP contribution in [-0.4, -0.2) is 30.5 Å². The summed E-state index contributed by atoms with van der Waals surface area (Å²) in [5, 5.41) is 7.29. The van der Waals surface area contributed by atoms with Gasteiger partial charge in [0.25, 0.3) is 0 Å². The molecule has 1 aliphatic rings. The Labute approximate surface area is 101 Å². The first kappa shape index (κ1) is 11.7. The first-order valence-electron chi connectivity index (χ1n) is 5.80. The molecule has 5 heteroatoms. The van der Waals surface area contributed by atoms with Gasteiger partial charge in [0.15, 0.2) is 0 Å². The van der Waals surface area contributed by atoms with Crippen molar-refractivity contribution in [3.05, 3.63) is 18.3 Å². The first-order valence-corrected chi connectivity index (χ1v) is 5.80. The second kappa shape index (κ2) is 5.03. The van der Waals surface area contributed by atoms with E-state index in [-0.39, 0.29) is 5.84 Å². The Morgan fingerprint density at radius 3 is 2.82 bits per heavy atom. The van der Waals surface area contributed by atoms with E-state index in [2.05, 4.69) is 9.88 Å². The molecule has 0 bridgehead atoms. The molecule has 1 fully saturated rings. The summed E-state index contributed by atoms with van der Waals surface area (Å²) in [6.45, 7) is 0.763. The van der Waals surface area contributed by atoms with Crippen LogP contribution in [0.15, 0.2) is 18.3 Å². The van der Waals surface area contributed by atoms with Gasteiger partial charge < -0.3 is 15.4 Å². The fraction of sp³-hybridized carbons (Fsp3) is 0.500. The van der Waals surface area contributed by atoms with Crippen LogP contribution in [0.5, 0.6) is 5.75 Å². The van der Waals surface area contributed by atoms with E-state index in [1.807, 2.05) is 12.1 Å². The summed E-state index contributed by atoms with van der Waals surface area (Å²) in [4.78, 5) is 6.60. The van der Waals surface area contributed by atoms with Gasteiger partial charge in [0, 0.05) is 19.0 Å². The smallest absolute Gasteiger partial charge is 0.137 e. The topological polar surface area (TPSA) is 75.2 Å². The van der Waals surface area contributed by atoms with Crippen LogP contribution in [0.2, 0.25) is 0 Å². The predicted octanol–water partition coefficient (Wildman–Crippen LogP) is 1.39. The number of anilines is 1. The van der Waals surface area contributed by atoms with Crippen LogP contribution in [-0.2, 0) is 0 Å². The molecule has 0 spiro atoms. The summed E-state index contributed by atoms with van der Waals surface area (Å²) in [5.74, 6) is 1.93. The zero-order chi connectivity index (χ0) is 12.3. The number of aromatic nitrogens is 1. The lowest BCUT2D eigenvalue weighted by Gasteiger charge is -2.23. The van der Waals surface area contributed by atoms with Crippen LogP contribution in [0.1, 0.15) is 19.3 Å². The van der Waals surface area contributed by atoms with Crippen molar-refractivity contribution in [1.82, 2.24) is 4.98 Å². The molecule has 0 amide bonds. The summed E-state index contributed by atoms with van der Waals surface area (Å²) in [5.41, 5.74) is 5.40. The lowest BCUT2D eigenvalue weighted by atomic mass is 10.3. The lowest BCUT2D eigenvalue weighted by Crippen LogP contribution is -2.30. The monoisotopic (exact) mass is 234 g/mol. The number of methoxy groups -OCH3 is 1. The maximum Gasteiger partial charge on any atom is 0.137 e. The maximum absolute atomic E-state index is 7.29. The number of pyridine rings is 1. The number of amidine groups is 1. The molecular weight excluding hydrogens is 216 g/mol. The fourth-order valence-electron chi connectivity index (χ4n) is 1.77. The average molecular weight is 234 g/mol. The van der Waals surface area contributed by atoms with Crippen molar-refractivity contribution >= 4 is 11.7 Å². The molecule has 0 aliphatic heterocycles. The van der Waals surface area contributed by atoms with E-state index in [1.54, 1.807) is 13.3 Å². The number of nitrogens with two attached hydrogens (primary N) is 1.